The Morgan fingerprint density at radius 3 is 2.39 bits per heavy atom. The monoisotopic (exact) mass is 255 g/mol. The lowest BCUT2D eigenvalue weighted by Crippen LogP contribution is -2.37. The van der Waals surface area contributed by atoms with E-state index in [4.69, 9.17) is 4.74 Å². The van der Waals surface area contributed by atoms with Gasteiger partial charge in [0.1, 0.15) is 0 Å². The molecule has 0 aromatic carbocycles. The maximum absolute atomic E-state index is 5.87. The average Bonchev–Trinajstić information content (AvgIpc) is 2.40. The van der Waals surface area contributed by atoms with Crippen LogP contribution in [0.15, 0.2) is 4.99 Å². The van der Waals surface area contributed by atoms with Gasteiger partial charge in [-0.1, -0.05) is 19.3 Å². The van der Waals surface area contributed by atoms with Crippen LogP contribution in [-0.4, -0.2) is 38.3 Å². The molecule has 1 aliphatic carbocycles. The van der Waals surface area contributed by atoms with Gasteiger partial charge in [-0.15, -0.1) is 0 Å². The van der Waals surface area contributed by atoms with Crippen molar-refractivity contribution in [3.63, 3.8) is 0 Å². The van der Waals surface area contributed by atoms with Crippen molar-refractivity contribution >= 4 is 5.96 Å². The van der Waals surface area contributed by atoms with Crippen molar-refractivity contribution in [1.29, 1.82) is 0 Å². The number of ether oxygens (including phenoxy) is 1. The summed E-state index contributed by atoms with van der Waals surface area (Å²) in [4.78, 5) is 4.50. The van der Waals surface area contributed by atoms with Crippen molar-refractivity contribution in [1.82, 2.24) is 10.6 Å². The summed E-state index contributed by atoms with van der Waals surface area (Å²) >= 11 is 0. The number of aliphatic imine (C=N–C) groups is 1. The Kier molecular flexibility index (Phi) is 8.65. The maximum Gasteiger partial charge on any atom is 0.191 e. The summed E-state index contributed by atoms with van der Waals surface area (Å²) < 4.78 is 5.87. The predicted molar refractivity (Wildman–Crippen MR) is 77.1 cm³/mol. The molecule has 1 aliphatic rings. The molecule has 0 bridgehead atoms. The van der Waals surface area contributed by atoms with E-state index in [1.807, 2.05) is 0 Å². The van der Waals surface area contributed by atoms with Gasteiger partial charge in [0, 0.05) is 26.2 Å². The fourth-order valence-corrected chi connectivity index (χ4v) is 2.25. The van der Waals surface area contributed by atoms with E-state index in [0.717, 1.165) is 38.6 Å². The lowest BCUT2D eigenvalue weighted by Gasteiger charge is -2.21. The molecule has 0 saturated heterocycles. The molecule has 0 unspecified atom stereocenters. The molecule has 0 radical (unpaired) electrons. The quantitative estimate of drug-likeness (QED) is 0.417. The Hall–Kier alpha value is -0.770. The highest BCUT2D eigenvalue weighted by Gasteiger charge is 2.12. The van der Waals surface area contributed by atoms with E-state index in [-0.39, 0.29) is 0 Å². The Morgan fingerprint density at radius 1 is 1.11 bits per heavy atom. The minimum Gasteiger partial charge on any atom is -0.378 e. The molecule has 0 amide bonds. The molecule has 4 nitrogen and oxygen atoms in total. The van der Waals surface area contributed by atoms with Crippen LogP contribution in [0.3, 0.4) is 0 Å². The second-order valence-corrected chi connectivity index (χ2v) is 4.78. The van der Waals surface area contributed by atoms with Crippen molar-refractivity contribution in [2.75, 3.05) is 26.2 Å². The molecule has 0 aliphatic heterocycles. The fraction of sp³-hybridized carbons (Fsp3) is 0.929. The summed E-state index contributed by atoms with van der Waals surface area (Å²) in [5, 5.41) is 6.44. The smallest absolute Gasteiger partial charge is 0.191 e. The van der Waals surface area contributed by atoms with Crippen LogP contribution in [0, 0.1) is 0 Å². The van der Waals surface area contributed by atoms with Crippen LogP contribution in [0.5, 0.6) is 0 Å². The SMILES string of the molecule is CCNC(=NCCCOC1CCCCC1)NCC. The first-order valence-corrected chi connectivity index (χ1v) is 7.50. The second kappa shape index (κ2) is 10.2. The van der Waals surface area contributed by atoms with Crippen molar-refractivity contribution in [3.05, 3.63) is 0 Å². The number of guanidine groups is 1. The second-order valence-electron chi connectivity index (χ2n) is 4.78. The first kappa shape index (κ1) is 15.3. The van der Waals surface area contributed by atoms with Gasteiger partial charge in [-0.3, -0.25) is 4.99 Å². The van der Waals surface area contributed by atoms with E-state index >= 15 is 0 Å². The first-order chi connectivity index (χ1) is 8.86. The Morgan fingerprint density at radius 2 is 1.78 bits per heavy atom. The molecule has 1 rings (SSSR count). The standard InChI is InChI=1S/C14H29N3O/c1-3-15-14(16-4-2)17-11-8-12-18-13-9-6-5-7-10-13/h13H,3-12H2,1-2H3,(H2,15,16,17). The lowest BCUT2D eigenvalue weighted by atomic mass is 9.98. The zero-order valence-electron chi connectivity index (χ0n) is 12.0. The van der Waals surface area contributed by atoms with Crippen LogP contribution in [0.25, 0.3) is 0 Å². The van der Waals surface area contributed by atoms with E-state index in [1.165, 1.54) is 32.1 Å². The number of rotatable bonds is 7. The Labute approximate surface area is 112 Å². The molecule has 1 saturated carbocycles. The molecule has 1 fully saturated rings. The van der Waals surface area contributed by atoms with Crippen molar-refractivity contribution in [2.45, 2.75) is 58.5 Å². The zero-order chi connectivity index (χ0) is 13.1. The van der Waals surface area contributed by atoms with Gasteiger partial charge in [0.15, 0.2) is 5.96 Å². The van der Waals surface area contributed by atoms with Crippen LogP contribution in [0.2, 0.25) is 0 Å². The van der Waals surface area contributed by atoms with Gasteiger partial charge in [-0.05, 0) is 33.1 Å². The van der Waals surface area contributed by atoms with Gasteiger partial charge in [0.25, 0.3) is 0 Å². The summed E-state index contributed by atoms with van der Waals surface area (Å²) in [6, 6.07) is 0. The Balaban J connectivity index is 2.06. The average molecular weight is 255 g/mol. The van der Waals surface area contributed by atoms with Gasteiger partial charge >= 0.3 is 0 Å². The molecular formula is C14H29N3O. The van der Waals surface area contributed by atoms with E-state index < -0.39 is 0 Å². The molecule has 18 heavy (non-hydrogen) atoms. The Bertz CT molecular complexity index is 217. The van der Waals surface area contributed by atoms with E-state index in [9.17, 15) is 0 Å². The van der Waals surface area contributed by atoms with Crippen LogP contribution < -0.4 is 10.6 Å². The molecule has 2 N–H and O–H groups in total. The summed E-state index contributed by atoms with van der Waals surface area (Å²) in [6.45, 7) is 7.66. The third kappa shape index (κ3) is 6.84. The minimum atomic E-state index is 0.518. The van der Waals surface area contributed by atoms with Crippen LogP contribution in [-0.2, 0) is 4.74 Å². The van der Waals surface area contributed by atoms with Crippen LogP contribution >= 0.6 is 0 Å². The van der Waals surface area contributed by atoms with Gasteiger partial charge < -0.3 is 15.4 Å². The number of nitrogens with one attached hydrogen (secondary N) is 2. The summed E-state index contributed by atoms with van der Waals surface area (Å²) in [5.74, 6) is 0.915. The van der Waals surface area contributed by atoms with E-state index in [2.05, 4.69) is 29.5 Å². The van der Waals surface area contributed by atoms with E-state index in [0.29, 0.717) is 6.10 Å². The molecular weight excluding hydrogens is 226 g/mol. The first-order valence-electron chi connectivity index (χ1n) is 7.50. The van der Waals surface area contributed by atoms with Gasteiger partial charge in [0.2, 0.25) is 0 Å². The molecule has 0 atom stereocenters. The van der Waals surface area contributed by atoms with Crippen molar-refractivity contribution in [2.24, 2.45) is 4.99 Å². The molecule has 4 heteroatoms. The van der Waals surface area contributed by atoms with Gasteiger partial charge in [-0.25, -0.2) is 0 Å². The lowest BCUT2D eigenvalue weighted by molar-refractivity contribution is 0.0281. The summed E-state index contributed by atoms with van der Waals surface area (Å²) in [5.41, 5.74) is 0. The predicted octanol–water partition coefficient (Wildman–Crippen LogP) is 2.30. The van der Waals surface area contributed by atoms with Crippen molar-refractivity contribution < 1.29 is 4.74 Å². The van der Waals surface area contributed by atoms with Gasteiger partial charge in [-0.2, -0.15) is 0 Å². The highest BCUT2D eigenvalue weighted by Crippen LogP contribution is 2.20. The normalized spacial score (nSPS) is 16.3. The minimum absolute atomic E-state index is 0.518. The number of hydrogen-bond acceptors (Lipinski definition) is 2. The summed E-state index contributed by atoms with van der Waals surface area (Å²) in [6.07, 6.45) is 8.11. The highest BCUT2D eigenvalue weighted by atomic mass is 16.5. The number of nitrogens with zero attached hydrogens (tertiary/aromatic N) is 1. The highest BCUT2D eigenvalue weighted by molar-refractivity contribution is 5.79. The van der Waals surface area contributed by atoms with Crippen LogP contribution in [0.4, 0.5) is 0 Å². The molecule has 0 heterocycles. The summed E-state index contributed by atoms with van der Waals surface area (Å²) in [7, 11) is 0. The molecule has 0 spiro atoms. The zero-order valence-corrected chi connectivity index (χ0v) is 12.0. The third-order valence-electron chi connectivity index (χ3n) is 3.17. The van der Waals surface area contributed by atoms with Crippen LogP contribution in [0.1, 0.15) is 52.4 Å². The number of hydrogen-bond donors (Lipinski definition) is 2. The fourth-order valence-electron chi connectivity index (χ4n) is 2.25. The molecule has 0 aromatic heterocycles. The molecule has 0 aromatic rings. The maximum atomic E-state index is 5.87. The van der Waals surface area contributed by atoms with E-state index in [1.54, 1.807) is 0 Å². The van der Waals surface area contributed by atoms with Crippen molar-refractivity contribution in [3.8, 4) is 0 Å². The topological polar surface area (TPSA) is 45.7 Å². The van der Waals surface area contributed by atoms with Gasteiger partial charge in [0.05, 0.1) is 6.10 Å². The molecule has 106 valence electrons. The third-order valence-corrected chi connectivity index (χ3v) is 3.17. The largest absolute Gasteiger partial charge is 0.378 e.